The van der Waals surface area contributed by atoms with Crippen LogP contribution in [0.15, 0.2) is 41.1 Å². The molecule has 17 heavy (non-hydrogen) atoms. The highest BCUT2D eigenvalue weighted by Crippen LogP contribution is 2.13. The highest BCUT2D eigenvalue weighted by Gasteiger charge is 2.08. The third-order valence-corrected chi connectivity index (χ3v) is 2.95. The summed E-state index contributed by atoms with van der Waals surface area (Å²) in [6.45, 7) is 6.27. The van der Waals surface area contributed by atoms with E-state index in [2.05, 4.69) is 42.1 Å². The largest absolute Gasteiger partial charge is 0.468 e. The smallest absolute Gasteiger partial charge is 0.120 e. The van der Waals surface area contributed by atoms with E-state index in [0.29, 0.717) is 0 Å². The van der Waals surface area contributed by atoms with Crippen molar-refractivity contribution < 1.29 is 4.42 Å². The molecule has 0 saturated heterocycles. The summed E-state index contributed by atoms with van der Waals surface area (Å²) in [5, 5.41) is 3.47. The summed E-state index contributed by atoms with van der Waals surface area (Å²) in [6, 6.07) is 8.44. The minimum absolute atomic E-state index is 0.245. The molecule has 0 aliphatic heterocycles. The maximum atomic E-state index is 5.37. The minimum atomic E-state index is 0.245. The van der Waals surface area contributed by atoms with Gasteiger partial charge in [0.15, 0.2) is 0 Å². The third kappa shape index (κ3) is 3.01. The number of hydrogen-bond donors (Lipinski definition) is 1. The van der Waals surface area contributed by atoms with Crippen molar-refractivity contribution in [3.63, 3.8) is 0 Å². The van der Waals surface area contributed by atoms with Crippen molar-refractivity contribution in [2.24, 2.45) is 0 Å². The van der Waals surface area contributed by atoms with E-state index in [4.69, 9.17) is 4.42 Å². The molecule has 0 bridgehead atoms. The van der Waals surface area contributed by atoms with Gasteiger partial charge in [0.05, 0.1) is 12.3 Å². The number of aryl methyl sites for hydroxylation is 1. The van der Waals surface area contributed by atoms with Crippen molar-refractivity contribution in [1.82, 2.24) is 9.88 Å². The van der Waals surface area contributed by atoms with Crippen LogP contribution in [0, 0.1) is 0 Å². The lowest BCUT2D eigenvalue weighted by atomic mass is 10.2. The summed E-state index contributed by atoms with van der Waals surface area (Å²) in [5.41, 5.74) is 1.32. The van der Waals surface area contributed by atoms with Crippen molar-refractivity contribution >= 4 is 0 Å². The van der Waals surface area contributed by atoms with Crippen LogP contribution >= 0.6 is 0 Å². The first-order valence-electron chi connectivity index (χ1n) is 6.22. The van der Waals surface area contributed by atoms with Crippen LogP contribution in [0.25, 0.3) is 0 Å². The van der Waals surface area contributed by atoms with Crippen LogP contribution in [0.5, 0.6) is 0 Å². The fourth-order valence-corrected chi connectivity index (χ4v) is 1.96. The molecule has 0 radical (unpaired) electrons. The SMILES string of the molecule is CCCn1cccc1CN[C@H](C)c1ccco1. The predicted molar refractivity (Wildman–Crippen MR) is 68.7 cm³/mol. The Bertz CT molecular complexity index is 431. The molecule has 0 unspecified atom stereocenters. The van der Waals surface area contributed by atoms with Gasteiger partial charge in [0, 0.05) is 25.0 Å². The van der Waals surface area contributed by atoms with Crippen LogP contribution in [0.4, 0.5) is 0 Å². The average Bonchev–Trinajstić information content (AvgIpc) is 2.97. The Kier molecular flexibility index (Phi) is 4.04. The molecule has 0 aromatic carbocycles. The number of rotatable bonds is 6. The molecule has 0 aliphatic rings. The van der Waals surface area contributed by atoms with Crippen LogP contribution in [0.2, 0.25) is 0 Å². The zero-order valence-electron chi connectivity index (χ0n) is 10.5. The normalized spacial score (nSPS) is 12.8. The van der Waals surface area contributed by atoms with E-state index in [1.165, 1.54) is 5.69 Å². The van der Waals surface area contributed by atoms with E-state index in [1.54, 1.807) is 6.26 Å². The third-order valence-electron chi connectivity index (χ3n) is 2.95. The molecule has 1 N–H and O–H groups in total. The Labute approximate surface area is 102 Å². The molecule has 2 rings (SSSR count). The molecule has 0 fully saturated rings. The number of nitrogens with one attached hydrogen (secondary N) is 1. The second-order valence-corrected chi connectivity index (χ2v) is 4.31. The summed E-state index contributed by atoms with van der Waals surface area (Å²) >= 11 is 0. The maximum absolute atomic E-state index is 5.37. The van der Waals surface area contributed by atoms with Crippen LogP contribution in [-0.4, -0.2) is 4.57 Å². The Balaban J connectivity index is 1.91. The molecule has 3 heteroatoms. The van der Waals surface area contributed by atoms with Crippen molar-refractivity contribution in [1.29, 1.82) is 0 Å². The summed E-state index contributed by atoms with van der Waals surface area (Å²) in [7, 11) is 0. The van der Waals surface area contributed by atoms with Crippen molar-refractivity contribution in [3.8, 4) is 0 Å². The van der Waals surface area contributed by atoms with Crippen LogP contribution in [0.3, 0.4) is 0 Å². The summed E-state index contributed by atoms with van der Waals surface area (Å²) in [4.78, 5) is 0. The number of furan rings is 1. The van der Waals surface area contributed by atoms with Gasteiger partial charge in [-0.3, -0.25) is 0 Å². The van der Waals surface area contributed by atoms with Crippen molar-refractivity contribution in [2.75, 3.05) is 0 Å². The first-order chi connectivity index (χ1) is 8.31. The summed E-state index contributed by atoms with van der Waals surface area (Å²) < 4.78 is 7.67. The van der Waals surface area contributed by atoms with Crippen molar-refractivity contribution in [3.05, 3.63) is 48.2 Å². The molecule has 0 aliphatic carbocycles. The van der Waals surface area contributed by atoms with Gasteiger partial charge >= 0.3 is 0 Å². The van der Waals surface area contributed by atoms with Crippen LogP contribution in [-0.2, 0) is 13.1 Å². The van der Waals surface area contributed by atoms with Gasteiger partial charge in [0.1, 0.15) is 5.76 Å². The number of aromatic nitrogens is 1. The molecule has 2 heterocycles. The fraction of sp³-hybridized carbons (Fsp3) is 0.429. The Hall–Kier alpha value is -1.48. The quantitative estimate of drug-likeness (QED) is 0.828. The van der Waals surface area contributed by atoms with Gasteiger partial charge in [-0.15, -0.1) is 0 Å². The number of nitrogens with zero attached hydrogens (tertiary/aromatic N) is 1. The molecular formula is C14H20N2O. The van der Waals surface area contributed by atoms with Crippen LogP contribution < -0.4 is 5.32 Å². The maximum Gasteiger partial charge on any atom is 0.120 e. The van der Waals surface area contributed by atoms with E-state index < -0.39 is 0 Å². The van der Waals surface area contributed by atoms with Gasteiger partial charge in [-0.2, -0.15) is 0 Å². The van der Waals surface area contributed by atoms with E-state index >= 15 is 0 Å². The zero-order valence-corrected chi connectivity index (χ0v) is 10.5. The molecule has 2 aromatic rings. The number of hydrogen-bond acceptors (Lipinski definition) is 2. The second kappa shape index (κ2) is 5.73. The van der Waals surface area contributed by atoms with Gasteiger partial charge < -0.3 is 14.3 Å². The summed E-state index contributed by atoms with van der Waals surface area (Å²) in [5.74, 6) is 0.985. The average molecular weight is 232 g/mol. The molecule has 0 spiro atoms. The summed E-state index contributed by atoms with van der Waals surface area (Å²) in [6.07, 6.45) is 5.01. The zero-order chi connectivity index (χ0) is 12.1. The highest BCUT2D eigenvalue weighted by molar-refractivity contribution is 5.08. The van der Waals surface area contributed by atoms with E-state index in [0.717, 1.165) is 25.3 Å². The molecule has 92 valence electrons. The van der Waals surface area contributed by atoms with E-state index in [9.17, 15) is 0 Å². The lowest BCUT2D eigenvalue weighted by Gasteiger charge is -2.13. The molecule has 0 amide bonds. The first-order valence-corrected chi connectivity index (χ1v) is 6.22. The molecule has 1 atom stereocenters. The lowest BCUT2D eigenvalue weighted by Crippen LogP contribution is -2.19. The van der Waals surface area contributed by atoms with Gasteiger partial charge in [-0.05, 0) is 37.6 Å². The highest BCUT2D eigenvalue weighted by atomic mass is 16.3. The Morgan fingerprint density at radius 2 is 2.24 bits per heavy atom. The van der Waals surface area contributed by atoms with Crippen LogP contribution in [0.1, 0.15) is 37.8 Å². The molecular weight excluding hydrogens is 212 g/mol. The van der Waals surface area contributed by atoms with E-state index in [1.807, 2.05) is 12.1 Å². The van der Waals surface area contributed by atoms with Gasteiger partial charge in [-0.1, -0.05) is 6.92 Å². The Morgan fingerprint density at radius 1 is 1.35 bits per heavy atom. The van der Waals surface area contributed by atoms with Gasteiger partial charge in [0.2, 0.25) is 0 Å². The Morgan fingerprint density at radius 3 is 2.94 bits per heavy atom. The lowest BCUT2D eigenvalue weighted by molar-refractivity contribution is 0.425. The van der Waals surface area contributed by atoms with E-state index in [-0.39, 0.29) is 6.04 Å². The molecule has 3 nitrogen and oxygen atoms in total. The van der Waals surface area contributed by atoms with Gasteiger partial charge in [-0.25, -0.2) is 0 Å². The predicted octanol–water partition coefficient (Wildman–Crippen LogP) is 3.34. The molecule has 0 saturated carbocycles. The second-order valence-electron chi connectivity index (χ2n) is 4.31. The monoisotopic (exact) mass is 232 g/mol. The standard InChI is InChI=1S/C14H20N2O/c1-3-8-16-9-4-6-13(16)11-15-12(2)14-7-5-10-17-14/h4-7,9-10,12,15H,3,8,11H2,1-2H3/t12-/m1/s1. The first kappa shape index (κ1) is 12.0. The topological polar surface area (TPSA) is 30.1 Å². The van der Waals surface area contributed by atoms with Gasteiger partial charge in [0.25, 0.3) is 0 Å². The fourth-order valence-electron chi connectivity index (χ4n) is 1.96. The van der Waals surface area contributed by atoms with Crippen molar-refractivity contribution in [2.45, 2.75) is 39.4 Å². The minimum Gasteiger partial charge on any atom is -0.468 e. The molecule has 2 aromatic heterocycles.